The molecule has 4 heteroatoms. The van der Waals surface area contributed by atoms with Crippen LogP contribution in [0.15, 0.2) is 79.0 Å². The second-order valence-electron chi connectivity index (χ2n) is 6.29. The van der Waals surface area contributed by atoms with Crippen molar-refractivity contribution in [3.63, 3.8) is 0 Å². The number of aromatic amines is 1. The molecule has 134 valence electrons. The smallest absolute Gasteiger partial charge is 0.119 e. The highest BCUT2D eigenvalue weighted by Gasteiger charge is 2.12. The fourth-order valence-corrected chi connectivity index (χ4v) is 3.40. The van der Waals surface area contributed by atoms with Crippen molar-refractivity contribution in [2.75, 3.05) is 7.11 Å². The summed E-state index contributed by atoms with van der Waals surface area (Å²) in [6.07, 6.45) is 2.56. The minimum atomic E-state index is 0.678. The first-order valence-electron chi connectivity index (χ1n) is 8.76. The van der Waals surface area contributed by atoms with Gasteiger partial charge in [0.15, 0.2) is 0 Å². The van der Waals surface area contributed by atoms with Gasteiger partial charge in [-0.2, -0.15) is 0 Å². The lowest BCUT2D eigenvalue weighted by Gasteiger charge is -2.12. The molecule has 0 spiro atoms. The standard InChI is InChI=1S/C23H19ClN2O/c1-27-18-12-11-17(20(14-18)19-9-5-6-10-21(19)24)13-23-25-15-22(26-23)16-7-3-2-4-8-16/h2-12,14-15H,13H2,1H3,(H,25,26). The van der Waals surface area contributed by atoms with Crippen LogP contribution in [0.25, 0.3) is 22.4 Å². The molecule has 3 nitrogen and oxygen atoms in total. The van der Waals surface area contributed by atoms with Crippen molar-refractivity contribution < 1.29 is 4.74 Å². The maximum absolute atomic E-state index is 6.45. The zero-order chi connectivity index (χ0) is 18.6. The Morgan fingerprint density at radius 2 is 1.70 bits per heavy atom. The Balaban J connectivity index is 1.70. The molecule has 1 aromatic heterocycles. The summed E-state index contributed by atoms with van der Waals surface area (Å²) in [6, 6.07) is 24.1. The van der Waals surface area contributed by atoms with E-state index in [0.29, 0.717) is 6.42 Å². The van der Waals surface area contributed by atoms with Gasteiger partial charge in [0, 0.05) is 17.0 Å². The van der Waals surface area contributed by atoms with Crippen LogP contribution in [0.4, 0.5) is 0 Å². The molecule has 0 atom stereocenters. The van der Waals surface area contributed by atoms with Crippen LogP contribution in [0.1, 0.15) is 11.4 Å². The third-order valence-corrected chi connectivity index (χ3v) is 4.88. The third kappa shape index (κ3) is 3.74. The van der Waals surface area contributed by atoms with Gasteiger partial charge in [0.1, 0.15) is 11.6 Å². The van der Waals surface area contributed by atoms with Crippen molar-refractivity contribution in [3.05, 3.63) is 95.4 Å². The Labute approximate surface area is 163 Å². The van der Waals surface area contributed by atoms with E-state index in [0.717, 1.165) is 44.5 Å². The number of H-pyrrole nitrogens is 1. The van der Waals surface area contributed by atoms with Gasteiger partial charge in [0.05, 0.1) is 19.0 Å². The van der Waals surface area contributed by atoms with Crippen molar-refractivity contribution >= 4 is 11.6 Å². The van der Waals surface area contributed by atoms with Crippen molar-refractivity contribution in [2.24, 2.45) is 0 Å². The predicted octanol–water partition coefficient (Wildman–Crippen LogP) is 6.00. The number of ether oxygens (including phenoxy) is 1. The van der Waals surface area contributed by atoms with Crippen LogP contribution in [-0.4, -0.2) is 17.1 Å². The highest BCUT2D eigenvalue weighted by Crippen LogP contribution is 2.34. The summed E-state index contributed by atoms with van der Waals surface area (Å²) < 4.78 is 5.42. The van der Waals surface area contributed by atoms with Crippen LogP contribution in [0, 0.1) is 0 Å². The highest BCUT2D eigenvalue weighted by atomic mass is 35.5. The molecular weight excluding hydrogens is 356 g/mol. The number of rotatable bonds is 5. The number of imidazole rings is 1. The van der Waals surface area contributed by atoms with Crippen LogP contribution in [-0.2, 0) is 6.42 Å². The molecule has 1 N–H and O–H groups in total. The number of hydrogen-bond donors (Lipinski definition) is 1. The van der Waals surface area contributed by atoms with Gasteiger partial charge in [-0.15, -0.1) is 0 Å². The van der Waals surface area contributed by atoms with E-state index < -0.39 is 0 Å². The van der Waals surface area contributed by atoms with Crippen LogP contribution in [0.2, 0.25) is 5.02 Å². The molecule has 0 amide bonds. The maximum atomic E-state index is 6.45. The fraction of sp³-hybridized carbons (Fsp3) is 0.0870. The lowest BCUT2D eigenvalue weighted by atomic mass is 9.97. The summed E-state index contributed by atoms with van der Waals surface area (Å²) >= 11 is 6.45. The second-order valence-corrected chi connectivity index (χ2v) is 6.70. The molecule has 3 aromatic carbocycles. The highest BCUT2D eigenvalue weighted by molar-refractivity contribution is 6.33. The van der Waals surface area contributed by atoms with Crippen LogP contribution < -0.4 is 4.74 Å². The van der Waals surface area contributed by atoms with Gasteiger partial charge in [-0.3, -0.25) is 0 Å². The number of hydrogen-bond acceptors (Lipinski definition) is 2. The normalized spacial score (nSPS) is 10.7. The zero-order valence-electron chi connectivity index (χ0n) is 14.9. The van der Waals surface area contributed by atoms with E-state index in [1.807, 2.05) is 60.8 Å². The first kappa shape index (κ1) is 17.4. The van der Waals surface area contributed by atoms with Gasteiger partial charge in [-0.1, -0.05) is 66.2 Å². The molecule has 0 radical (unpaired) electrons. The average Bonchev–Trinajstić information content (AvgIpc) is 3.18. The topological polar surface area (TPSA) is 37.9 Å². The number of benzene rings is 3. The van der Waals surface area contributed by atoms with Gasteiger partial charge in [0.25, 0.3) is 0 Å². The van der Waals surface area contributed by atoms with E-state index in [2.05, 4.69) is 28.2 Å². The van der Waals surface area contributed by atoms with E-state index in [4.69, 9.17) is 16.3 Å². The number of nitrogens with one attached hydrogen (secondary N) is 1. The molecule has 0 aliphatic carbocycles. The fourth-order valence-electron chi connectivity index (χ4n) is 3.16. The molecule has 4 rings (SSSR count). The van der Waals surface area contributed by atoms with Gasteiger partial charge in [-0.25, -0.2) is 4.98 Å². The summed E-state index contributed by atoms with van der Waals surface area (Å²) in [4.78, 5) is 7.99. The molecule has 0 fully saturated rings. The molecule has 0 bridgehead atoms. The van der Waals surface area contributed by atoms with Crippen molar-refractivity contribution in [3.8, 4) is 28.1 Å². The summed E-state index contributed by atoms with van der Waals surface area (Å²) in [6.45, 7) is 0. The average molecular weight is 375 g/mol. The zero-order valence-corrected chi connectivity index (χ0v) is 15.7. The first-order valence-corrected chi connectivity index (χ1v) is 9.13. The molecule has 4 aromatic rings. The Morgan fingerprint density at radius 3 is 2.48 bits per heavy atom. The Kier molecular flexibility index (Phi) is 4.95. The van der Waals surface area contributed by atoms with Crippen molar-refractivity contribution in [2.45, 2.75) is 6.42 Å². The van der Waals surface area contributed by atoms with Crippen LogP contribution >= 0.6 is 11.6 Å². The lowest BCUT2D eigenvalue weighted by Crippen LogP contribution is -1.96. The third-order valence-electron chi connectivity index (χ3n) is 4.55. The summed E-state index contributed by atoms with van der Waals surface area (Å²) in [5, 5.41) is 0.719. The molecule has 0 saturated carbocycles. The Hall–Kier alpha value is -3.04. The molecule has 0 unspecified atom stereocenters. The molecular formula is C23H19ClN2O. The number of methoxy groups -OCH3 is 1. The SMILES string of the molecule is COc1ccc(Cc2ncc(-c3ccccc3)[nH]2)c(-c2ccccc2Cl)c1. The number of aromatic nitrogens is 2. The predicted molar refractivity (Wildman–Crippen MR) is 110 cm³/mol. The van der Waals surface area contributed by atoms with Gasteiger partial charge in [-0.05, 0) is 34.9 Å². The monoisotopic (exact) mass is 374 g/mol. The summed E-state index contributed by atoms with van der Waals surface area (Å²) in [5.74, 6) is 1.71. The van der Waals surface area contributed by atoms with Crippen LogP contribution in [0.3, 0.4) is 0 Å². The maximum Gasteiger partial charge on any atom is 0.119 e. The largest absolute Gasteiger partial charge is 0.497 e. The van der Waals surface area contributed by atoms with E-state index >= 15 is 0 Å². The van der Waals surface area contributed by atoms with Gasteiger partial charge < -0.3 is 9.72 Å². The first-order chi connectivity index (χ1) is 13.2. The van der Waals surface area contributed by atoms with E-state index in [1.54, 1.807) is 7.11 Å². The van der Waals surface area contributed by atoms with E-state index in [-0.39, 0.29) is 0 Å². The Bertz CT molecular complexity index is 1060. The number of nitrogens with zero attached hydrogens (tertiary/aromatic N) is 1. The molecule has 1 heterocycles. The van der Waals surface area contributed by atoms with E-state index in [9.17, 15) is 0 Å². The quantitative estimate of drug-likeness (QED) is 0.465. The summed E-state index contributed by atoms with van der Waals surface area (Å²) in [7, 11) is 1.67. The van der Waals surface area contributed by atoms with Gasteiger partial charge >= 0.3 is 0 Å². The lowest BCUT2D eigenvalue weighted by molar-refractivity contribution is 0.415. The van der Waals surface area contributed by atoms with Gasteiger partial charge in [0.2, 0.25) is 0 Å². The molecule has 27 heavy (non-hydrogen) atoms. The molecule has 0 saturated heterocycles. The van der Waals surface area contributed by atoms with E-state index in [1.165, 1.54) is 0 Å². The second kappa shape index (κ2) is 7.68. The van der Waals surface area contributed by atoms with Crippen molar-refractivity contribution in [1.82, 2.24) is 9.97 Å². The molecule has 0 aliphatic rings. The van der Waals surface area contributed by atoms with Crippen molar-refractivity contribution in [1.29, 1.82) is 0 Å². The number of halogens is 1. The Morgan fingerprint density at radius 1 is 0.926 bits per heavy atom. The summed E-state index contributed by atoms with van der Waals surface area (Å²) in [5.41, 5.74) is 5.31. The minimum absolute atomic E-state index is 0.678. The van der Waals surface area contributed by atoms with Crippen LogP contribution in [0.5, 0.6) is 5.75 Å². The molecule has 0 aliphatic heterocycles. The minimum Gasteiger partial charge on any atom is -0.497 e.